The van der Waals surface area contributed by atoms with Gasteiger partial charge in [0.2, 0.25) is 0 Å². The van der Waals surface area contributed by atoms with E-state index in [0.29, 0.717) is 13.0 Å². The highest BCUT2D eigenvalue weighted by Gasteiger charge is 2.44. The molecule has 2 aromatic rings. The lowest BCUT2D eigenvalue weighted by Gasteiger charge is -2.44. The van der Waals surface area contributed by atoms with Crippen molar-refractivity contribution in [2.75, 3.05) is 27.7 Å². The standard InChI is InChI=1S/C23H31NO3/c1-24(2)16-20-12-13-22(27-17-18-8-5-4-6-9-18)15-23(20,25)19-10-7-11-21(14-19)26-3/h4-11,14,20,22,25H,12-13,15-17H2,1-3H3. The van der Waals surface area contributed by atoms with Crippen molar-refractivity contribution in [1.29, 1.82) is 0 Å². The molecule has 1 saturated carbocycles. The van der Waals surface area contributed by atoms with Crippen molar-refractivity contribution < 1.29 is 14.6 Å². The summed E-state index contributed by atoms with van der Waals surface area (Å²) in [5.41, 5.74) is 1.16. The van der Waals surface area contributed by atoms with E-state index in [9.17, 15) is 5.11 Å². The summed E-state index contributed by atoms with van der Waals surface area (Å²) in [6, 6.07) is 18.0. The van der Waals surface area contributed by atoms with Crippen LogP contribution in [0.4, 0.5) is 0 Å². The molecule has 3 atom stereocenters. The number of rotatable bonds is 7. The van der Waals surface area contributed by atoms with E-state index in [1.807, 2.05) is 42.5 Å². The Morgan fingerprint density at radius 1 is 1.07 bits per heavy atom. The molecule has 0 amide bonds. The van der Waals surface area contributed by atoms with Crippen LogP contribution in [-0.4, -0.2) is 43.9 Å². The monoisotopic (exact) mass is 369 g/mol. The van der Waals surface area contributed by atoms with Gasteiger partial charge in [-0.25, -0.2) is 0 Å². The predicted molar refractivity (Wildman–Crippen MR) is 108 cm³/mol. The summed E-state index contributed by atoms with van der Waals surface area (Å²) in [5.74, 6) is 0.938. The van der Waals surface area contributed by atoms with Crippen molar-refractivity contribution in [3.8, 4) is 5.75 Å². The number of benzene rings is 2. The molecular formula is C23H31NO3. The lowest BCUT2D eigenvalue weighted by molar-refractivity contribution is -0.120. The lowest BCUT2D eigenvalue weighted by Crippen LogP contribution is -2.47. The Morgan fingerprint density at radius 2 is 1.85 bits per heavy atom. The summed E-state index contributed by atoms with van der Waals surface area (Å²) >= 11 is 0. The highest BCUT2D eigenvalue weighted by atomic mass is 16.5. The number of hydrogen-bond acceptors (Lipinski definition) is 4. The molecule has 3 rings (SSSR count). The van der Waals surface area contributed by atoms with Crippen LogP contribution in [0.25, 0.3) is 0 Å². The van der Waals surface area contributed by atoms with Gasteiger partial charge >= 0.3 is 0 Å². The maximum atomic E-state index is 11.8. The van der Waals surface area contributed by atoms with Crippen molar-refractivity contribution in [2.45, 2.75) is 37.6 Å². The zero-order valence-corrected chi connectivity index (χ0v) is 16.6. The third-order valence-electron chi connectivity index (χ3n) is 5.54. The molecule has 27 heavy (non-hydrogen) atoms. The fourth-order valence-corrected chi connectivity index (χ4v) is 4.10. The van der Waals surface area contributed by atoms with E-state index in [2.05, 4.69) is 31.1 Å². The van der Waals surface area contributed by atoms with Crippen LogP contribution in [0.15, 0.2) is 54.6 Å². The van der Waals surface area contributed by atoms with Crippen LogP contribution in [0.2, 0.25) is 0 Å². The van der Waals surface area contributed by atoms with Gasteiger partial charge in [-0.2, -0.15) is 0 Å². The van der Waals surface area contributed by atoms with E-state index in [0.717, 1.165) is 36.3 Å². The molecule has 0 heterocycles. The predicted octanol–water partition coefficient (Wildman–Crippen LogP) is 3.83. The second-order valence-electron chi connectivity index (χ2n) is 7.82. The molecule has 0 spiro atoms. The van der Waals surface area contributed by atoms with E-state index in [-0.39, 0.29) is 12.0 Å². The number of nitrogens with zero attached hydrogens (tertiary/aromatic N) is 1. The smallest absolute Gasteiger partial charge is 0.119 e. The second-order valence-corrected chi connectivity index (χ2v) is 7.82. The van der Waals surface area contributed by atoms with E-state index >= 15 is 0 Å². The zero-order chi connectivity index (χ0) is 19.3. The van der Waals surface area contributed by atoms with Crippen LogP contribution in [0.3, 0.4) is 0 Å². The summed E-state index contributed by atoms with van der Waals surface area (Å²) in [6.07, 6.45) is 2.55. The molecule has 2 aromatic carbocycles. The van der Waals surface area contributed by atoms with Gasteiger partial charge in [-0.15, -0.1) is 0 Å². The summed E-state index contributed by atoms with van der Waals surface area (Å²) in [6.45, 7) is 1.43. The highest BCUT2D eigenvalue weighted by Crippen LogP contribution is 2.44. The molecule has 0 radical (unpaired) electrons. The van der Waals surface area contributed by atoms with Crippen molar-refractivity contribution in [3.05, 3.63) is 65.7 Å². The molecule has 4 nitrogen and oxygen atoms in total. The Bertz CT molecular complexity index is 719. The van der Waals surface area contributed by atoms with E-state index in [1.165, 1.54) is 0 Å². The Labute approximate surface area is 162 Å². The molecule has 146 valence electrons. The van der Waals surface area contributed by atoms with Crippen molar-refractivity contribution >= 4 is 0 Å². The molecular weight excluding hydrogens is 338 g/mol. The van der Waals surface area contributed by atoms with Gasteiger partial charge in [0.1, 0.15) is 5.75 Å². The Kier molecular flexibility index (Phi) is 6.53. The van der Waals surface area contributed by atoms with Crippen LogP contribution in [0, 0.1) is 5.92 Å². The van der Waals surface area contributed by atoms with Gasteiger partial charge in [-0.1, -0.05) is 42.5 Å². The average Bonchev–Trinajstić information content (AvgIpc) is 2.69. The fraction of sp³-hybridized carbons (Fsp3) is 0.478. The minimum absolute atomic E-state index is 0.0415. The van der Waals surface area contributed by atoms with Gasteiger partial charge in [0.05, 0.1) is 25.4 Å². The van der Waals surface area contributed by atoms with Gasteiger partial charge in [0.25, 0.3) is 0 Å². The Hall–Kier alpha value is -1.88. The van der Waals surface area contributed by atoms with Crippen LogP contribution in [0.5, 0.6) is 5.75 Å². The molecule has 4 heteroatoms. The van der Waals surface area contributed by atoms with E-state index < -0.39 is 5.60 Å². The summed E-state index contributed by atoms with van der Waals surface area (Å²) in [4.78, 5) is 2.15. The number of ether oxygens (including phenoxy) is 2. The first-order valence-corrected chi connectivity index (χ1v) is 9.68. The summed E-state index contributed by atoms with van der Waals surface area (Å²) in [5, 5.41) is 11.8. The van der Waals surface area contributed by atoms with Crippen LogP contribution in [0.1, 0.15) is 30.4 Å². The van der Waals surface area contributed by atoms with Crippen LogP contribution in [-0.2, 0) is 16.9 Å². The maximum absolute atomic E-state index is 11.8. The third-order valence-corrected chi connectivity index (χ3v) is 5.54. The minimum Gasteiger partial charge on any atom is -0.497 e. The van der Waals surface area contributed by atoms with E-state index in [1.54, 1.807) is 7.11 Å². The average molecular weight is 370 g/mol. The summed E-state index contributed by atoms with van der Waals surface area (Å²) < 4.78 is 11.6. The van der Waals surface area contributed by atoms with Crippen LogP contribution >= 0.6 is 0 Å². The van der Waals surface area contributed by atoms with Gasteiger partial charge in [-0.05, 0) is 50.2 Å². The van der Waals surface area contributed by atoms with Crippen molar-refractivity contribution in [2.24, 2.45) is 5.92 Å². The lowest BCUT2D eigenvalue weighted by atomic mass is 9.70. The molecule has 0 aromatic heterocycles. The maximum Gasteiger partial charge on any atom is 0.119 e. The normalized spacial score (nSPS) is 25.5. The van der Waals surface area contributed by atoms with E-state index in [4.69, 9.17) is 9.47 Å². The van der Waals surface area contributed by atoms with Crippen molar-refractivity contribution in [1.82, 2.24) is 4.90 Å². The fourth-order valence-electron chi connectivity index (χ4n) is 4.10. The Balaban J connectivity index is 1.78. The van der Waals surface area contributed by atoms with Gasteiger partial charge in [0, 0.05) is 18.9 Å². The highest BCUT2D eigenvalue weighted by molar-refractivity contribution is 5.33. The van der Waals surface area contributed by atoms with Crippen molar-refractivity contribution in [3.63, 3.8) is 0 Å². The molecule has 1 N–H and O–H groups in total. The first-order valence-electron chi connectivity index (χ1n) is 9.68. The van der Waals surface area contributed by atoms with Gasteiger partial charge in [0.15, 0.2) is 0 Å². The number of hydrogen-bond donors (Lipinski definition) is 1. The molecule has 0 bridgehead atoms. The molecule has 0 saturated heterocycles. The third kappa shape index (κ3) is 4.89. The molecule has 1 aliphatic rings. The minimum atomic E-state index is -0.918. The Morgan fingerprint density at radius 3 is 2.56 bits per heavy atom. The van der Waals surface area contributed by atoms with Crippen LogP contribution < -0.4 is 4.74 Å². The number of aliphatic hydroxyl groups is 1. The quantitative estimate of drug-likeness (QED) is 0.805. The molecule has 1 fully saturated rings. The van der Waals surface area contributed by atoms with Gasteiger partial charge in [-0.3, -0.25) is 0 Å². The first kappa shape index (κ1) is 19.9. The van der Waals surface area contributed by atoms with Gasteiger partial charge < -0.3 is 19.5 Å². The molecule has 0 aliphatic heterocycles. The molecule has 1 aliphatic carbocycles. The first-order chi connectivity index (χ1) is 13.0. The zero-order valence-electron chi connectivity index (χ0n) is 16.6. The largest absolute Gasteiger partial charge is 0.497 e. The topological polar surface area (TPSA) is 41.9 Å². The molecule has 3 unspecified atom stereocenters. The second kappa shape index (κ2) is 8.87. The number of methoxy groups -OCH3 is 1. The SMILES string of the molecule is COc1cccc(C2(O)CC(OCc3ccccc3)CCC2CN(C)C)c1. The summed E-state index contributed by atoms with van der Waals surface area (Å²) in [7, 11) is 5.78.